The lowest BCUT2D eigenvalue weighted by molar-refractivity contribution is 0.976. The van der Waals surface area contributed by atoms with E-state index in [9.17, 15) is 0 Å². The first-order chi connectivity index (χ1) is 21.4. The maximum absolute atomic E-state index is 8.62. The Morgan fingerprint density at radius 2 is 1.39 bits per heavy atom. The second-order valence-electron chi connectivity index (χ2n) is 10.4. The largest absolute Gasteiger partial charge is 0.316 e. The average Bonchev–Trinajstić information content (AvgIpc) is 3.11. The molecule has 2 heterocycles. The zero-order valence-corrected chi connectivity index (χ0v) is 25.4. The van der Waals surface area contributed by atoms with Crippen molar-refractivity contribution >= 4 is 48.0 Å². The summed E-state index contributed by atoms with van der Waals surface area (Å²) in [6.07, 6.45) is 14.0. The summed E-state index contributed by atoms with van der Waals surface area (Å²) in [5.74, 6) is 0. The highest BCUT2D eigenvalue weighted by Gasteiger charge is 2.21. The Labute approximate surface area is 260 Å². The molecule has 0 spiro atoms. The van der Waals surface area contributed by atoms with E-state index in [0.29, 0.717) is 5.71 Å². The van der Waals surface area contributed by atoms with Crippen molar-refractivity contribution in [2.75, 3.05) is 4.90 Å². The van der Waals surface area contributed by atoms with Gasteiger partial charge in [-0.05, 0) is 66.6 Å². The van der Waals surface area contributed by atoms with E-state index in [1.807, 2.05) is 98.8 Å². The molecule has 1 aliphatic heterocycles. The third-order valence-corrected chi connectivity index (χ3v) is 7.61. The van der Waals surface area contributed by atoms with Gasteiger partial charge in [-0.25, -0.2) is 0 Å². The second kappa shape index (κ2) is 13.5. The lowest BCUT2D eigenvalue weighted by atomic mass is 9.95. The number of allylic oxidation sites excluding steroid dienone is 5. The molecular weight excluding hydrogens is 534 g/mol. The van der Waals surface area contributed by atoms with Gasteiger partial charge >= 0.3 is 0 Å². The molecule has 1 N–H and O–H groups in total. The van der Waals surface area contributed by atoms with E-state index in [1.165, 1.54) is 0 Å². The number of nitrogens with zero attached hydrogens (tertiary/aromatic N) is 2. The Bertz CT molecular complexity index is 2000. The number of fused-ring (bicyclic) bond motifs is 2. The maximum atomic E-state index is 8.62. The van der Waals surface area contributed by atoms with E-state index >= 15 is 0 Å². The molecule has 0 amide bonds. The highest BCUT2D eigenvalue weighted by atomic mass is 15.1. The van der Waals surface area contributed by atoms with Crippen molar-refractivity contribution in [1.29, 1.82) is 5.41 Å². The third-order valence-electron chi connectivity index (χ3n) is 7.61. The summed E-state index contributed by atoms with van der Waals surface area (Å²) < 4.78 is 2.16. The van der Waals surface area contributed by atoms with Gasteiger partial charge in [-0.2, -0.15) is 0 Å². The van der Waals surface area contributed by atoms with Crippen LogP contribution in [-0.2, 0) is 0 Å². The lowest BCUT2D eigenvalue weighted by Gasteiger charge is -2.29. The topological polar surface area (TPSA) is 32.0 Å². The normalized spacial score (nSPS) is 13.6. The van der Waals surface area contributed by atoms with E-state index in [4.69, 9.17) is 12.0 Å². The zero-order chi connectivity index (χ0) is 31.1. The van der Waals surface area contributed by atoms with Gasteiger partial charge in [-0.1, -0.05) is 123 Å². The molecule has 0 unspecified atom stereocenters. The van der Waals surface area contributed by atoms with Crippen molar-refractivity contribution in [3.8, 4) is 5.69 Å². The minimum atomic E-state index is 0.457. The molecule has 216 valence electrons. The fourth-order valence-electron chi connectivity index (χ4n) is 5.37. The van der Waals surface area contributed by atoms with Crippen molar-refractivity contribution < 1.29 is 0 Å². The van der Waals surface area contributed by atoms with E-state index < -0.39 is 0 Å². The van der Waals surface area contributed by atoms with Gasteiger partial charge in [0.2, 0.25) is 0 Å². The van der Waals surface area contributed by atoms with Crippen LogP contribution in [0, 0.1) is 5.41 Å². The first kappa shape index (κ1) is 29.8. The standard InChI is InChI=1S/C41H37N3/c1-6-17-33(7-2)38(42)27-26-34-19-13-15-24-39(34)43-29-28-35-20-12-11-18-30(3)32(5)44(36-21-9-8-10-22-36)41(35)31(4)37-23-14-16-25-40(37)43/h6-29,42H,3-5H2,1-2H3/b17-6-,18-11?,20-12?,27-26+,29-28-,33-7+,41-35?,42-38?. The molecule has 0 aliphatic carbocycles. The number of aromatic nitrogens is 1. The molecule has 44 heavy (non-hydrogen) atoms. The highest BCUT2D eigenvalue weighted by Crippen LogP contribution is 2.39. The van der Waals surface area contributed by atoms with Gasteiger partial charge in [0, 0.05) is 33.9 Å². The SMILES string of the molecule is C=C1c2ccccc2N(c2ccccc2/C=C/C(=N)C(/C=C\C)=C/C)/C=C\c2ccccc(=C)c(=C)n(-c3ccccc3)c21. The van der Waals surface area contributed by atoms with Crippen LogP contribution in [0.4, 0.5) is 11.4 Å². The molecule has 0 bridgehead atoms. The third kappa shape index (κ3) is 6.08. The Balaban J connectivity index is 1.78. The fraction of sp³-hybridized carbons (Fsp3) is 0.0488. The van der Waals surface area contributed by atoms with E-state index in [-0.39, 0.29) is 0 Å². The number of rotatable bonds is 6. The molecule has 3 nitrogen and oxygen atoms in total. The van der Waals surface area contributed by atoms with Gasteiger partial charge in [0.25, 0.3) is 0 Å². The van der Waals surface area contributed by atoms with E-state index in [2.05, 4.69) is 83.4 Å². The number of anilines is 2. The van der Waals surface area contributed by atoms with Crippen molar-refractivity contribution in [3.05, 3.63) is 179 Å². The Kier molecular flexibility index (Phi) is 9.17. The van der Waals surface area contributed by atoms with E-state index in [0.717, 1.165) is 61.2 Å². The predicted octanol–water partition coefficient (Wildman–Crippen LogP) is 9.16. The van der Waals surface area contributed by atoms with Crippen molar-refractivity contribution in [2.45, 2.75) is 13.8 Å². The van der Waals surface area contributed by atoms with Gasteiger partial charge in [0.1, 0.15) is 0 Å². The quantitative estimate of drug-likeness (QED) is 0.182. The molecule has 3 aromatic carbocycles. The fourth-order valence-corrected chi connectivity index (χ4v) is 5.37. The van der Waals surface area contributed by atoms with Crippen LogP contribution in [0.1, 0.15) is 36.2 Å². The van der Waals surface area contributed by atoms with Crippen LogP contribution in [0.5, 0.6) is 0 Å². The molecule has 3 heteroatoms. The van der Waals surface area contributed by atoms with Crippen LogP contribution in [0.3, 0.4) is 0 Å². The summed E-state index contributed by atoms with van der Waals surface area (Å²) in [6.45, 7) is 17.4. The predicted molar refractivity (Wildman–Crippen MR) is 191 cm³/mol. The summed E-state index contributed by atoms with van der Waals surface area (Å²) in [5, 5.41) is 10.2. The number of hydrogen-bond donors (Lipinski definition) is 1. The smallest absolute Gasteiger partial charge is 0.0608 e. The molecule has 0 fully saturated rings. The second-order valence-corrected chi connectivity index (χ2v) is 10.4. The van der Waals surface area contributed by atoms with Crippen LogP contribution in [0.15, 0.2) is 146 Å². The number of nitrogens with one attached hydrogen (secondary N) is 1. The number of benzene rings is 3. The van der Waals surface area contributed by atoms with Crippen molar-refractivity contribution in [1.82, 2.24) is 4.57 Å². The molecule has 0 atom stereocenters. The van der Waals surface area contributed by atoms with Gasteiger partial charge < -0.3 is 14.9 Å². The minimum Gasteiger partial charge on any atom is -0.316 e. The average molecular weight is 572 g/mol. The van der Waals surface area contributed by atoms with Gasteiger partial charge in [0.05, 0.1) is 22.8 Å². The van der Waals surface area contributed by atoms with Gasteiger partial charge in [0.15, 0.2) is 0 Å². The molecule has 0 saturated carbocycles. The number of hydrogen-bond acceptors (Lipinski definition) is 2. The molecule has 0 radical (unpaired) electrons. The van der Waals surface area contributed by atoms with Gasteiger partial charge in [-0.3, -0.25) is 0 Å². The monoisotopic (exact) mass is 571 g/mol. The van der Waals surface area contributed by atoms with Crippen LogP contribution in [-0.4, -0.2) is 10.3 Å². The molecular formula is C41H37N3. The molecule has 0 saturated heterocycles. The molecule has 1 aliphatic rings. The molecule has 5 rings (SSSR count). The number of para-hydroxylation sites is 3. The van der Waals surface area contributed by atoms with Crippen LogP contribution in [0.2, 0.25) is 0 Å². The van der Waals surface area contributed by atoms with Crippen molar-refractivity contribution in [2.24, 2.45) is 0 Å². The maximum Gasteiger partial charge on any atom is 0.0608 e. The summed E-state index contributed by atoms with van der Waals surface area (Å²) in [7, 11) is 0. The van der Waals surface area contributed by atoms with Gasteiger partial charge in [-0.15, -0.1) is 0 Å². The van der Waals surface area contributed by atoms with E-state index in [1.54, 1.807) is 0 Å². The van der Waals surface area contributed by atoms with Crippen molar-refractivity contribution in [3.63, 3.8) is 0 Å². The minimum absolute atomic E-state index is 0.457. The first-order valence-electron chi connectivity index (χ1n) is 14.7. The summed E-state index contributed by atoms with van der Waals surface area (Å²) in [4.78, 5) is 2.20. The summed E-state index contributed by atoms with van der Waals surface area (Å²) >= 11 is 0. The Hall–Kier alpha value is -5.67. The summed E-state index contributed by atoms with van der Waals surface area (Å²) in [5.41, 5.74) is 9.10. The van der Waals surface area contributed by atoms with Crippen LogP contribution in [0.25, 0.3) is 36.6 Å². The first-order valence-corrected chi connectivity index (χ1v) is 14.7. The van der Waals surface area contributed by atoms with Crippen LogP contribution >= 0.6 is 0 Å². The van der Waals surface area contributed by atoms with Crippen LogP contribution < -0.4 is 15.5 Å². The lowest BCUT2D eigenvalue weighted by Crippen LogP contribution is -2.32. The zero-order valence-electron chi connectivity index (χ0n) is 25.4. The molecule has 1 aromatic heterocycles. The highest BCUT2D eigenvalue weighted by molar-refractivity contribution is 6.10. The Morgan fingerprint density at radius 1 is 0.727 bits per heavy atom. The Morgan fingerprint density at radius 3 is 2.14 bits per heavy atom. The summed E-state index contributed by atoms with van der Waals surface area (Å²) in [6, 6.07) is 35.0. The molecule has 4 aromatic rings.